The van der Waals surface area contributed by atoms with Crippen LogP contribution in [-0.4, -0.2) is 19.8 Å². The lowest BCUT2D eigenvalue weighted by molar-refractivity contribution is 0.0817. The van der Waals surface area contributed by atoms with Gasteiger partial charge in [0.05, 0.1) is 11.6 Å². The van der Waals surface area contributed by atoms with Crippen molar-refractivity contribution in [3.8, 4) is 5.75 Å². The molecule has 0 aliphatic rings. The topological polar surface area (TPSA) is 18.5 Å². The molecule has 18 heavy (non-hydrogen) atoms. The second-order valence-electron chi connectivity index (χ2n) is 4.33. The number of benzene rings is 1. The molecule has 0 heterocycles. The van der Waals surface area contributed by atoms with Crippen molar-refractivity contribution in [3.63, 3.8) is 0 Å². The van der Waals surface area contributed by atoms with Gasteiger partial charge in [-0.25, -0.2) is 0 Å². The third-order valence-corrected chi connectivity index (χ3v) is 3.26. The fourth-order valence-electron chi connectivity index (χ4n) is 1.40. The Bertz CT molecular complexity index is 383. The Labute approximate surface area is 127 Å². The van der Waals surface area contributed by atoms with Crippen LogP contribution < -0.4 is 4.74 Å². The molecule has 0 aliphatic carbocycles. The Morgan fingerprint density at radius 3 is 2.56 bits per heavy atom. The highest BCUT2D eigenvalue weighted by atomic mass is 79.9. The first-order valence-corrected chi connectivity index (χ1v) is 7.66. The van der Waals surface area contributed by atoms with E-state index in [4.69, 9.17) is 32.7 Å². The zero-order valence-electron chi connectivity index (χ0n) is 10.5. The van der Waals surface area contributed by atoms with Gasteiger partial charge in [0.25, 0.3) is 0 Å². The number of hydrogen-bond donors (Lipinski definition) is 0. The van der Waals surface area contributed by atoms with Crippen LogP contribution in [0.15, 0.2) is 12.1 Å². The Balaban J connectivity index is 2.51. The van der Waals surface area contributed by atoms with Crippen molar-refractivity contribution < 1.29 is 9.47 Å². The highest BCUT2D eigenvalue weighted by molar-refractivity contribution is 9.08. The number of ether oxygens (including phenoxy) is 2. The Morgan fingerprint density at radius 2 is 1.94 bits per heavy atom. The molecule has 0 saturated heterocycles. The maximum Gasteiger partial charge on any atom is 0.142 e. The van der Waals surface area contributed by atoms with E-state index in [1.54, 1.807) is 6.07 Å². The van der Waals surface area contributed by atoms with E-state index in [-0.39, 0.29) is 0 Å². The molecule has 0 fully saturated rings. The van der Waals surface area contributed by atoms with Crippen molar-refractivity contribution in [3.05, 3.63) is 27.7 Å². The molecule has 0 atom stereocenters. The monoisotopic (exact) mass is 354 g/mol. The van der Waals surface area contributed by atoms with Gasteiger partial charge in [-0.1, -0.05) is 53.0 Å². The summed E-state index contributed by atoms with van der Waals surface area (Å²) < 4.78 is 11.1. The molecular formula is C13H17BrCl2O2. The van der Waals surface area contributed by atoms with E-state index in [0.717, 1.165) is 12.2 Å². The van der Waals surface area contributed by atoms with E-state index in [2.05, 4.69) is 29.8 Å². The molecule has 5 heteroatoms. The first kappa shape index (κ1) is 16.1. The minimum absolute atomic E-state index is 0.480. The summed E-state index contributed by atoms with van der Waals surface area (Å²) >= 11 is 15.4. The zero-order chi connectivity index (χ0) is 13.5. The molecule has 0 spiro atoms. The molecule has 102 valence electrons. The molecule has 2 nitrogen and oxygen atoms in total. The van der Waals surface area contributed by atoms with Crippen LogP contribution in [0, 0.1) is 5.92 Å². The van der Waals surface area contributed by atoms with Gasteiger partial charge in [-0.05, 0) is 18.1 Å². The molecule has 0 amide bonds. The molecule has 0 N–H and O–H groups in total. The molecule has 0 unspecified atom stereocenters. The molecule has 0 radical (unpaired) electrons. The van der Waals surface area contributed by atoms with Gasteiger partial charge in [-0.15, -0.1) is 0 Å². The lowest BCUT2D eigenvalue weighted by Crippen LogP contribution is -2.11. The largest absolute Gasteiger partial charge is 0.489 e. The molecule has 0 bridgehead atoms. The van der Waals surface area contributed by atoms with Crippen molar-refractivity contribution in [2.45, 2.75) is 19.2 Å². The predicted molar refractivity (Wildman–Crippen MR) is 80.2 cm³/mol. The first-order chi connectivity index (χ1) is 8.54. The van der Waals surface area contributed by atoms with Gasteiger partial charge in [0.15, 0.2) is 0 Å². The molecule has 0 saturated carbocycles. The summed E-state index contributed by atoms with van der Waals surface area (Å²) in [6.07, 6.45) is 0. The van der Waals surface area contributed by atoms with Gasteiger partial charge in [0, 0.05) is 22.5 Å². The van der Waals surface area contributed by atoms with Gasteiger partial charge in [0.1, 0.15) is 12.4 Å². The van der Waals surface area contributed by atoms with E-state index in [1.165, 1.54) is 0 Å². The Hall–Kier alpha value is 0.0400. The number of hydrogen-bond acceptors (Lipinski definition) is 2. The SMILES string of the molecule is CC(C)COCCOc1c(Cl)cc(Cl)cc1CBr. The molecule has 1 aromatic rings. The average Bonchev–Trinajstić information content (AvgIpc) is 2.30. The molecule has 0 aromatic heterocycles. The quantitative estimate of drug-likeness (QED) is 0.509. The molecule has 1 aromatic carbocycles. The molecule has 0 aliphatic heterocycles. The van der Waals surface area contributed by atoms with Crippen LogP contribution in [0.1, 0.15) is 19.4 Å². The molecular weight excluding hydrogens is 339 g/mol. The van der Waals surface area contributed by atoms with E-state index in [0.29, 0.717) is 40.3 Å². The van der Waals surface area contributed by atoms with Crippen LogP contribution >= 0.6 is 39.1 Å². The lowest BCUT2D eigenvalue weighted by Gasteiger charge is -2.13. The van der Waals surface area contributed by atoms with E-state index in [9.17, 15) is 0 Å². The number of alkyl halides is 1. The predicted octanol–water partition coefficient (Wildman–Crippen LogP) is 4.94. The average molecular weight is 356 g/mol. The second kappa shape index (κ2) is 8.26. The Morgan fingerprint density at radius 1 is 1.22 bits per heavy atom. The maximum absolute atomic E-state index is 6.11. The Kier molecular flexibility index (Phi) is 7.38. The summed E-state index contributed by atoms with van der Waals surface area (Å²) in [4.78, 5) is 0. The maximum atomic E-state index is 6.11. The van der Waals surface area contributed by atoms with Crippen LogP contribution in [0.25, 0.3) is 0 Å². The smallest absolute Gasteiger partial charge is 0.142 e. The minimum atomic E-state index is 0.480. The highest BCUT2D eigenvalue weighted by Gasteiger charge is 2.09. The number of halogens is 3. The lowest BCUT2D eigenvalue weighted by atomic mass is 10.2. The zero-order valence-corrected chi connectivity index (χ0v) is 13.6. The summed E-state index contributed by atoms with van der Waals surface area (Å²) in [6, 6.07) is 3.52. The van der Waals surface area contributed by atoms with Crippen LogP contribution in [0.2, 0.25) is 10.0 Å². The third kappa shape index (κ3) is 5.35. The van der Waals surface area contributed by atoms with Crippen LogP contribution in [0.5, 0.6) is 5.75 Å². The van der Waals surface area contributed by atoms with Gasteiger partial charge < -0.3 is 9.47 Å². The number of rotatable bonds is 7. The summed E-state index contributed by atoms with van der Waals surface area (Å²) in [7, 11) is 0. The standard InChI is InChI=1S/C13H17BrCl2O2/c1-9(2)8-17-3-4-18-13-10(7-14)5-11(15)6-12(13)16/h5-6,9H,3-4,7-8H2,1-2H3. The summed E-state index contributed by atoms with van der Waals surface area (Å²) in [5, 5.41) is 1.79. The summed E-state index contributed by atoms with van der Waals surface area (Å²) in [5.41, 5.74) is 0.941. The van der Waals surface area contributed by atoms with Gasteiger partial charge in [-0.3, -0.25) is 0 Å². The van der Waals surface area contributed by atoms with E-state index in [1.807, 2.05) is 6.07 Å². The summed E-state index contributed by atoms with van der Waals surface area (Å²) in [6.45, 7) is 6.00. The first-order valence-electron chi connectivity index (χ1n) is 5.79. The fourth-order valence-corrected chi connectivity index (χ4v) is 2.40. The van der Waals surface area contributed by atoms with E-state index < -0.39 is 0 Å². The fraction of sp³-hybridized carbons (Fsp3) is 0.538. The van der Waals surface area contributed by atoms with Gasteiger partial charge in [0.2, 0.25) is 0 Å². The minimum Gasteiger partial charge on any atom is -0.489 e. The van der Waals surface area contributed by atoms with Gasteiger partial charge >= 0.3 is 0 Å². The van der Waals surface area contributed by atoms with Crippen LogP contribution in [-0.2, 0) is 10.1 Å². The van der Waals surface area contributed by atoms with Crippen molar-refractivity contribution in [1.82, 2.24) is 0 Å². The van der Waals surface area contributed by atoms with Crippen LogP contribution in [0.3, 0.4) is 0 Å². The normalized spacial score (nSPS) is 11.0. The van der Waals surface area contributed by atoms with Crippen molar-refractivity contribution in [1.29, 1.82) is 0 Å². The van der Waals surface area contributed by atoms with Crippen LogP contribution in [0.4, 0.5) is 0 Å². The van der Waals surface area contributed by atoms with E-state index >= 15 is 0 Å². The second-order valence-corrected chi connectivity index (χ2v) is 5.73. The highest BCUT2D eigenvalue weighted by Crippen LogP contribution is 2.33. The summed E-state index contributed by atoms with van der Waals surface area (Å²) in [5.74, 6) is 1.20. The van der Waals surface area contributed by atoms with Crippen molar-refractivity contribution >= 4 is 39.1 Å². The van der Waals surface area contributed by atoms with Crippen molar-refractivity contribution in [2.24, 2.45) is 5.92 Å². The third-order valence-electron chi connectivity index (χ3n) is 2.15. The van der Waals surface area contributed by atoms with Gasteiger partial charge in [-0.2, -0.15) is 0 Å². The van der Waals surface area contributed by atoms with Crippen molar-refractivity contribution in [2.75, 3.05) is 19.8 Å². The molecule has 1 rings (SSSR count).